The molecule has 0 radical (unpaired) electrons. The molecule has 0 unspecified atom stereocenters. The number of amides is 3. The van der Waals surface area contributed by atoms with Crippen LogP contribution in [0.3, 0.4) is 0 Å². The predicted octanol–water partition coefficient (Wildman–Crippen LogP) is 5.46. The van der Waals surface area contributed by atoms with E-state index < -0.39 is 36.8 Å². The number of nitrogens with one attached hydrogen (secondary N) is 2. The second-order valence-electron chi connectivity index (χ2n) is 8.56. The largest absolute Gasteiger partial charge is 0.326 e. The molecule has 1 aliphatic rings. The highest BCUT2D eigenvalue weighted by molar-refractivity contribution is 7.70. The minimum atomic E-state index is -2.75. The van der Waals surface area contributed by atoms with Gasteiger partial charge in [0.05, 0.1) is 5.69 Å². The van der Waals surface area contributed by atoms with Crippen molar-refractivity contribution in [1.82, 2.24) is 5.32 Å². The van der Waals surface area contributed by atoms with Crippen LogP contribution in [0.1, 0.15) is 6.42 Å². The van der Waals surface area contributed by atoms with Crippen molar-refractivity contribution >= 4 is 47.4 Å². The highest BCUT2D eigenvalue weighted by Gasteiger charge is 2.36. The summed E-state index contributed by atoms with van der Waals surface area (Å²) >= 11 is 5.83. The highest BCUT2D eigenvalue weighted by Crippen LogP contribution is 2.40. The third kappa shape index (κ3) is 5.24. The van der Waals surface area contributed by atoms with E-state index >= 15 is 8.78 Å². The van der Waals surface area contributed by atoms with Gasteiger partial charge in [-0.15, -0.1) is 0 Å². The second-order valence-corrected chi connectivity index (χ2v) is 12.2. The standard InChI is InChI=1S/C25H23ClF2N3O3P/c1-35(2,34)21-6-4-3-5-17(21)18-11-12-20(23(28)22(18)27)31-14-13-19(24(31)32)30-25(33)29-16-9-7-15(26)8-10-16/h3-12,19H,13-14H2,1-2H3,(H2,29,30,33)/t19-/m1/s1. The van der Waals surface area contributed by atoms with Crippen LogP contribution in [0.15, 0.2) is 60.7 Å². The zero-order chi connectivity index (χ0) is 25.3. The van der Waals surface area contributed by atoms with Crippen molar-refractivity contribution in [3.8, 4) is 11.1 Å². The van der Waals surface area contributed by atoms with Crippen molar-refractivity contribution < 1.29 is 22.9 Å². The molecule has 0 saturated carbocycles. The Hall–Kier alpha value is -3.22. The molecule has 1 fully saturated rings. The summed E-state index contributed by atoms with van der Waals surface area (Å²) in [5, 5.41) is 6.12. The number of carbonyl (C=O) groups is 2. The first kappa shape index (κ1) is 24.9. The van der Waals surface area contributed by atoms with Crippen LogP contribution in [0.25, 0.3) is 11.1 Å². The Morgan fingerprint density at radius 1 is 1.00 bits per heavy atom. The number of carbonyl (C=O) groups excluding carboxylic acids is 2. The van der Waals surface area contributed by atoms with Gasteiger partial charge >= 0.3 is 6.03 Å². The van der Waals surface area contributed by atoms with Crippen molar-refractivity contribution in [3.63, 3.8) is 0 Å². The Bertz CT molecular complexity index is 1340. The molecule has 0 spiro atoms. The lowest BCUT2D eigenvalue weighted by atomic mass is 10.0. The number of nitrogens with zero attached hydrogens (tertiary/aromatic N) is 1. The number of hydrogen-bond acceptors (Lipinski definition) is 3. The van der Waals surface area contributed by atoms with E-state index in [1.54, 1.807) is 61.9 Å². The maximum Gasteiger partial charge on any atom is 0.319 e. The molecule has 0 aromatic heterocycles. The average Bonchev–Trinajstić information content (AvgIpc) is 3.16. The summed E-state index contributed by atoms with van der Waals surface area (Å²) < 4.78 is 43.0. The Kier molecular flexibility index (Phi) is 6.97. The normalized spacial score (nSPS) is 15.9. The van der Waals surface area contributed by atoms with Gasteiger partial charge in [-0.25, -0.2) is 13.6 Å². The Balaban J connectivity index is 1.53. The van der Waals surface area contributed by atoms with Crippen molar-refractivity contribution in [2.75, 3.05) is 30.1 Å². The molecule has 10 heteroatoms. The van der Waals surface area contributed by atoms with Crippen LogP contribution in [-0.4, -0.2) is 37.9 Å². The molecular formula is C25H23ClF2N3O3P. The Labute approximate surface area is 206 Å². The van der Waals surface area contributed by atoms with E-state index in [-0.39, 0.29) is 24.2 Å². The minimum absolute atomic E-state index is 0.0329. The smallest absolute Gasteiger partial charge is 0.319 e. The lowest BCUT2D eigenvalue weighted by Crippen LogP contribution is -2.43. The first-order valence-corrected chi connectivity index (χ1v) is 13.8. The van der Waals surface area contributed by atoms with E-state index in [2.05, 4.69) is 10.6 Å². The molecule has 1 atom stereocenters. The van der Waals surface area contributed by atoms with E-state index in [9.17, 15) is 14.2 Å². The molecule has 182 valence electrons. The molecule has 4 rings (SSSR count). The maximum atomic E-state index is 15.2. The zero-order valence-electron chi connectivity index (χ0n) is 19.0. The summed E-state index contributed by atoms with van der Waals surface area (Å²) in [6, 6.07) is 14.2. The summed E-state index contributed by atoms with van der Waals surface area (Å²) in [6.45, 7) is 3.23. The number of rotatable bonds is 5. The van der Waals surface area contributed by atoms with Crippen LogP contribution in [0.4, 0.5) is 25.0 Å². The molecule has 1 aliphatic heterocycles. The van der Waals surface area contributed by atoms with Gasteiger partial charge in [-0.3, -0.25) is 4.79 Å². The van der Waals surface area contributed by atoms with Crippen LogP contribution >= 0.6 is 18.7 Å². The number of halogens is 3. The lowest BCUT2D eigenvalue weighted by Gasteiger charge is -2.20. The molecule has 35 heavy (non-hydrogen) atoms. The van der Waals surface area contributed by atoms with Crippen molar-refractivity contribution in [3.05, 3.63) is 77.3 Å². The molecule has 2 N–H and O–H groups in total. The third-order valence-electron chi connectivity index (χ3n) is 5.74. The third-order valence-corrected chi connectivity index (χ3v) is 7.54. The second kappa shape index (κ2) is 9.80. The number of urea groups is 1. The monoisotopic (exact) mass is 517 g/mol. The van der Waals surface area contributed by atoms with Crippen LogP contribution < -0.4 is 20.8 Å². The van der Waals surface area contributed by atoms with Gasteiger partial charge in [-0.1, -0.05) is 35.9 Å². The van der Waals surface area contributed by atoms with Crippen molar-refractivity contribution in [2.45, 2.75) is 12.5 Å². The average molecular weight is 518 g/mol. The van der Waals surface area contributed by atoms with Gasteiger partial charge in [-0.05, 0) is 61.7 Å². The fourth-order valence-electron chi connectivity index (χ4n) is 4.04. The topological polar surface area (TPSA) is 78.5 Å². The van der Waals surface area contributed by atoms with Gasteiger partial charge in [0.2, 0.25) is 5.91 Å². The fourth-order valence-corrected chi connectivity index (χ4v) is 5.38. The molecule has 6 nitrogen and oxygen atoms in total. The summed E-state index contributed by atoms with van der Waals surface area (Å²) in [4.78, 5) is 26.3. The van der Waals surface area contributed by atoms with E-state index in [0.29, 0.717) is 21.6 Å². The number of anilines is 2. The van der Waals surface area contributed by atoms with Crippen molar-refractivity contribution in [1.29, 1.82) is 0 Å². The van der Waals surface area contributed by atoms with Crippen molar-refractivity contribution in [2.24, 2.45) is 0 Å². The molecular weight excluding hydrogens is 495 g/mol. The highest BCUT2D eigenvalue weighted by atomic mass is 35.5. The molecule has 0 aliphatic carbocycles. The molecule has 0 bridgehead atoms. The molecule has 3 aromatic carbocycles. The van der Waals surface area contributed by atoms with E-state index in [1.807, 2.05) is 0 Å². The summed E-state index contributed by atoms with van der Waals surface area (Å²) in [5.74, 6) is -2.86. The summed E-state index contributed by atoms with van der Waals surface area (Å²) in [7, 11) is -2.75. The van der Waals surface area contributed by atoms with Gasteiger partial charge in [-0.2, -0.15) is 0 Å². The molecule has 3 aromatic rings. The summed E-state index contributed by atoms with van der Waals surface area (Å²) in [5.41, 5.74) is 0.582. The minimum Gasteiger partial charge on any atom is -0.326 e. The lowest BCUT2D eigenvalue weighted by molar-refractivity contribution is -0.118. The van der Waals surface area contributed by atoms with E-state index in [4.69, 9.17) is 11.6 Å². The quantitative estimate of drug-likeness (QED) is 0.441. The first-order chi connectivity index (χ1) is 16.6. The van der Waals surface area contributed by atoms with Gasteiger partial charge in [0.25, 0.3) is 0 Å². The maximum absolute atomic E-state index is 15.2. The fraction of sp³-hybridized carbons (Fsp3) is 0.200. The van der Waals surface area contributed by atoms with Crippen LogP contribution in [0.5, 0.6) is 0 Å². The SMILES string of the molecule is CP(C)(=O)c1ccccc1-c1ccc(N2CC[C@@H](NC(=O)Nc3ccc(Cl)cc3)C2=O)c(F)c1F. The van der Waals surface area contributed by atoms with Gasteiger partial charge in [0.1, 0.15) is 13.2 Å². The van der Waals surface area contributed by atoms with Crippen LogP contribution in [0, 0.1) is 11.6 Å². The van der Waals surface area contributed by atoms with Crippen LogP contribution in [-0.2, 0) is 9.36 Å². The van der Waals surface area contributed by atoms with Gasteiger partial charge < -0.3 is 20.1 Å². The van der Waals surface area contributed by atoms with E-state index in [1.165, 1.54) is 12.1 Å². The zero-order valence-corrected chi connectivity index (χ0v) is 20.7. The molecule has 1 saturated heterocycles. The van der Waals surface area contributed by atoms with Crippen LogP contribution in [0.2, 0.25) is 5.02 Å². The molecule has 3 amide bonds. The Morgan fingerprint density at radius 3 is 2.37 bits per heavy atom. The Morgan fingerprint density at radius 2 is 1.69 bits per heavy atom. The van der Waals surface area contributed by atoms with Gasteiger partial charge in [0.15, 0.2) is 11.6 Å². The number of benzene rings is 3. The van der Waals surface area contributed by atoms with Gasteiger partial charge in [0, 0.05) is 28.1 Å². The number of hydrogen-bond donors (Lipinski definition) is 2. The van der Waals surface area contributed by atoms with E-state index in [0.717, 1.165) is 4.90 Å². The first-order valence-electron chi connectivity index (χ1n) is 10.8. The summed E-state index contributed by atoms with van der Waals surface area (Å²) in [6.07, 6.45) is 0.230. The molecule has 1 heterocycles. The predicted molar refractivity (Wildman–Crippen MR) is 135 cm³/mol.